The van der Waals surface area contributed by atoms with E-state index in [-0.39, 0.29) is 18.2 Å². The third-order valence-electron chi connectivity index (χ3n) is 8.56. The van der Waals surface area contributed by atoms with Gasteiger partial charge in [-0.25, -0.2) is 22.3 Å². The summed E-state index contributed by atoms with van der Waals surface area (Å²) in [7, 11) is -3.53. The van der Waals surface area contributed by atoms with Crippen molar-refractivity contribution in [3.63, 3.8) is 0 Å². The first-order chi connectivity index (χ1) is 21.2. The summed E-state index contributed by atoms with van der Waals surface area (Å²) >= 11 is 0. The third kappa shape index (κ3) is 6.72. The fourth-order valence-electron chi connectivity index (χ4n) is 6.19. The molecule has 2 aromatic heterocycles. The number of benzene rings is 2. The Balaban J connectivity index is 1.04. The molecule has 234 valence electrons. The zero-order valence-corrected chi connectivity index (χ0v) is 26.0. The summed E-state index contributed by atoms with van der Waals surface area (Å²) in [5, 5.41) is 9.23. The Labute approximate surface area is 257 Å². The number of piperidine rings is 1. The Morgan fingerprint density at radius 3 is 2.73 bits per heavy atom. The summed E-state index contributed by atoms with van der Waals surface area (Å²) in [5.74, 6) is -0.368. The van der Waals surface area contributed by atoms with Crippen LogP contribution in [-0.4, -0.2) is 72.1 Å². The van der Waals surface area contributed by atoms with Gasteiger partial charge in [-0.1, -0.05) is 25.1 Å². The van der Waals surface area contributed by atoms with Gasteiger partial charge in [0.15, 0.2) is 0 Å². The van der Waals surface area contributed by atoms with Crippen molar-refractivity contribution in [3.05, 3.63) is 65.2 Å². The average molecular weight is 623 g/mol. The molecule has 2 aromatic carbocycles. The number of H-pyrrole nitrogens is 1. The second-order valence-electron chi connectivity index (χ2n) is 12.3. The van der Waals surface area contributed by atoms with E-state index in [9.17, 15) is 17.6 Å². The van der Waals surface area contributed by atoms with Crippen molar-refractivity contribution in [1.29, 1.82) is 0 Å². The standard InChI is InChI=1S/C32H39FN6O4S/c1-21(2)20-43-32(40)31-30(27-17-25(33)7-9-28(27)35-31)29-19-39(37-36-29)18-22-10-13-38(14-11-22)15-12-34-44(41,42)26-8-6-23-4-3-5-24(23)16-26/h6-9,16-17,19,21-22,34-35H,3-5,10-15,18,20H2,1-2H3. The van der Waals surface area contributed by atoms with E-state index in [1.165, 1.54) is 17.7 Å². The zero-order valence-electron chi connectivity index (χ0n) is 25.2. The number of sulfonamides is 1. The maximum atomic E-state index is 14.2. The number of carbonyl (C=O) groups is 1. The summed E-state index contributed by atoms with van der Waals surface area (Å²) in [6.07, 6.45) is 6.74. The Bertz CT molecular complexity index is 1760. The highest BCUT2D eigenvalue weighted by Gasteiger charge is 2.25. The molecule has 2 aliphatic rings. The molecule has 4 aromatic rings. The van der Waals surface area contributed by atoms with Gasteiger partial charge in [-0.2, -0.15) is 0 Å². The van der Waals surface area contributed by atoms with Gasteiger partial charge in [-0.05, 0) is 98.5 Å². The molecule has 2 N–H and O–H groups in total. The highest BCUT2D eigenvalue weighted by atomic mass is 32.2. The second-order valence-corrected chi connectivity index (χ2v) is 14.1. The zero-order chi connectivity index (χ0) is 30.8. The Morgan fingerprint density at radius 2 is 1.93 bits per heavy atom. The number of aromatic nitrogens is 4. The van der Waals surface area contributed by atoms with E-state index >= 15 is 0 Å². The lowest BCUT2D eigenvalue weighted by Crippen LogP contribution is -2.40. The molecule has 0 spiro atoms. The molecular formula is C32H39FN6O4S. The van der Waals surface area contributed by atoms with Crippen LogP contribution in [0.5, 0.6) is 0 Å². The quantitative estimate of drug-likeness (QED) is 0.235. The Kier molecular flexibility index (Phi) is 8.84. The van der Waals surface area contributed by atoms with Crippen LogP contribution in [0.3, 0.4) is 0 Å². The van der Waals surface area contributed by atoms with Crippen molar-refractivity contribution in [2.45, 2.75) is 57.4 Å². The molecule has 1 aliphatic heterocycles. The summed E-state index contributed by atoms with van der Waals surface area (Å²) in [6, 6.07) is 9.81. The van der Waals surface area contributed by atoms with Crippen LogP contribution in [0.1, 0.15) is 54.7 Å². The number of fused-ring (bicyclic) bond motifs is 2. The predicted octanol–water partition coefficient (Wildman–Crippen LogP) is 4.56. The van der Waals surface area contributed by atoms with E-state index in [0.29, 0.717) is 52.6 Å². The van der Waals surface area contributed by atoms with E-state index < -0.39 is 21.8 Å². The van der Waals surface area contributed by atoms with Crippen LogP contribution in [0.4, 0.5) is 4.39 Å². The van der Waals surface area contributed by atoms with Crippen LogP contribution >= 0.6 is 0 Å². The van der Waals surface area contributed by atoms with Crippen LogP contribution in [0.2, 0.25) is 0 Å². The van der Waals surface area contributed by atoms with Crippen molar-refractivity contribution >= 4 is 26.9 Å². The molecule has 1 aliphatic carbocycles. The van der Waals surface area contributed by atoms with Crippen LogP contribution in [0.15, 0.2) is 47.5 Å². The lowest BCUT2D eigenvalue weighted by atomic mass is 9.97. The number of ether oxygens (including phenoxy) is 1. The maximum Gasteiger partial charge on any atom is 0.355 e. The van der Waals surface area contributed by atoms with Crippen molar-refractivity contribution in [2.75, 3.05) is 32.8 Å². The molecular weight excluding hydrogens is 583 g/mol. The average Bonchev–Trinajstić information content (AvgIpc) is 3.74. The number of hydrogen-bond acceptors (Lipinski definition) is 7. The summed E-state index contributed by atoms with van der Waals surface area (Å²) in [4.78, 5) is 18.7. The van der Waals surface area contributed by atoms with Gasteiger partial charge in [0.25, 0.3) is 0 Å². The first-order valence-corrected chi connectivity index (χ1v) is 16.9. The van der Waals surface area contributed by atoms with Gasteiger partial charge in [0.2, 0.25) is 10.0 Å². The lowest BCUT2D eigenvalue weighted by Gasteiger charge is -2.31. The number of esters is 1. The summed E-state index contributed by atoms with van der Waals surface area (Å²) < 4.78 is 49.9. The topological polar surface area (TPSA) is 122 Å². The normalized spacial score (nSPS) is 16.2. The van der Waals surface area contributed by atoms with E-state index in [1.54, 1.807) is 23.0 Å². The molecule has 10 nitrogen and oxygen atoms in total. The van der Waals surface area contributed by atoms with Crippen molar-refractivity contribution in [2.24, 2.45) is 11.8 Å². The molecule has 0 radical (unpaired) electrons. The fraction of sp³-hybridized carbons (Fsp3) is 0.469. The number of nitrogens with zero attached hydrogens (tertiary/aromatic N) is 4. The third-order valence-corrected chi connectivity index (χ3v) is 10.0. The van der Waals surface area contributed by atoms with Gasteiger partial charge in [-0.15, -0.1) is 5.10 Å². The van der Waals surface area contributed by atoms with Crippen molar-refractivity contribution < 1.29 is 22.3 Å². The minimum Gasteiger partial charge on any atom is -0.461 e. The Morgan fingerprint density at radius 1 is 1.14 bits per heavy atom. The second kappa shape index (κ2) is 12.8. The maximum absolute atomic E-state index is 14.2. The summed E-state index contributed by atoms with van der Waals surface area (Å²) in [6.45, 7) is 7.59. The van der Waals surface area contributed by atoms with Gasteiger partial charge in [0.05, 0.1) is 17.7 Å². The van der Waals surface area contributed by atoms with Gasteiger partial charge in [0, 0.05) is 36.1 Å². The number of nitrogens with one attached hydrogen (secondary N) is 2. The first kappa shape index (κ1) is 30.4. The van der Waals surface area contributed by atoms with Crippen LogP contribution in [-0.2, 0) is 34.1 Å². The highest BCUT2D eigenvalue weighted by molar-refractivity contribution is 7.89. The van der Waals surface area contributed by atoms with Gasteiger partial charge in [0.1, 0.15) is 17.2 Å². The number of aryl methyl sites for hydroxylation is 2. The molecule has 0 bridgehead atoms. The minimum absolute atomic E-state index is 0.176. The minimum atomic E-state index is -3.53. The lowest BCUT2D eigenvalue weighted by molar-refractivity contribution is 0.0454. The summed E-state index contributed by atoms with van der Waals surface area (Å²) in [5.41, 5.74) is 4.22. The van der Waals surface area contributed by atoms with E-state index in [0.717, 1.165) is 50.8 Å². The van der Waals surface area contributed by atoms with E-state index in [2.05, 4.69) is 24.9 Å². The Hall–Kier alpha value is -3.61. The molecule has 44 heavy (non-hydrogen) atoms. The van der Waals surface area contributed by atoms with Crippen molar-refractivity contribution in [3.8, 4) is 11.3 Å². The number of aromatic amines is 1. The number of halogens is 1. The van der Waals surface area contributed by atoms with Crippen LogP contribution in [0, 0.1) is 17.7 Å². The van der Waals surface area contributed by atoms with Crippen LogP contribution < -0.4 is 4.72 Å². The smallest absolute Gasteiger partial charge is 0.355 e. The monoisotopic (exact) mass is 622 g/mol. The number of rotatable bonds is 11. The van der Waals surface area contributed by atoms with Crippen molar-refractivity contribution in [1.82, 2.24) is 29.6 Å². The van der Waals surface area contributed by atoms with Gasteiger partial charge >= 0.3 is 5.97 Å². The first-order valence-electron chi connectivity index (χ1n) is 15.4. The number of hydrogen-bond donors (Lipinski definition) is 2. The van der Waals surface area contributed by atoms with Gasteiger partial charge in [-0.3, -0.25) is 4.68 Å². The molecule has 12 heteroatoms. The molecule has 6 rings (SSSR count). The SMILES string of the molecule is CC(C)COC(=O)c1[nH]c2ccc(F)cc2c1-c1cn(CC2CCN(CCNS(=O)(=O)c3ccc4c(c3)CCC4)CC2)nn1. The fourth-order valence-corrected chi connectivity index (χ4v) is 7.27. The molecule has 0 atom stereocenters. The molecule has 0 saturated carbocycles. The largest absolute Gasteiger partial charge is 0.461 e. The van der Waals surface area contributed by atoms with Crippen LogP contribution in [0.25, 0.3) is 22.2 Å². The highest BCUT2D eigenvalue weighted by Crippen LogP contribution is 2.33. The molecule has 1 saturated heterocycles. The van der Waals surface area contributed by atoms with E-state index in [4.69, 9.17) is 4.74 Å². The molecule has 3 heterocycles. The molecule has 1 fully saturated rings. The van der Waals surface area contributed by atoms with Gasteiger partial charge < -0.3 is 14.6 Å². The molecule has 0 unspecified atom stereocenters. The van der Waals surface area contributed by atoms with E-state index in [1.807, 2.05) is 26.0 Å². The number of carbonyl (C=O) groups excluding carboxylic acids is 1. The molecule has 0 amide bonds. The predicted molar refractivity (Wildman–Crippen MR) is 165 cm³/mol. The number of likely N-dealkylation sites (tertiary alicyclic amines) is 1.